The van der Waals surface area contributed by atoms with Crippen LogP contribution in [0, 0.1) is 0 Å². The lowest BCUT2D eigenvalue weighted by Crippen LogP contribution is -1.92. The summed E-state index contributed by atoms with van der Waals surface area (Å²) in [7, 11) is 0. The molecule has 0 bridgehead atoms. The van der Waals surface area contributed by atoms with E-state index in [9.17, 15) is 0 Å². The fourth-order valence-electron chi connectivity index (χ4n) is 3.96. The number of fused-ring (bicyclic) bond motifs is 2. The second-order valence-corrected chi connectivity index (χ2v) is 6.85. The van der Waals surface area contributed by atoms with Gasteiger partial charge in [0.1, 0.15) is 0 Å². The summed E-state index contributed by atoms with van der Waals surface area (Å²) in [6.07, 6.45) is 10.7. The van der Waals surface area contributed by atoms with Crippen LogP contribution in [-0.4, -0.2) is 0 Å². The Bertz CT molecular complexity index is 1150. The van der Waals surface area contributed by atoms with Crippen molar-refractivity contribution in [2.75, 3.05) is 0 Å². The zero-order valence-electron chi connectivity index (χ0n) is 16.4. The van der Waals surface area contributed by atoms with Gasteiger partial charge in [-0.15, -0.1) is 0 Å². The minimum Gasteiger partial charge on any atom is -0.0876 e. The van der Waals surface area contributed by atoms with Crippen molar-refractivity contribution in [3.05, 3.63) is 115 Å². The summed E-state index contributed by atoms with van der Waals surface area (Å²) in [5, 5.41) is 5.15. The van der Waals surface area contributed by atoms with Crippen molar-refractivity contribution in [2.45, 2.75) is 13.8 Å². The molecule has 0 heteroatoms. The van der Waals surface area contributed by atoms with E-state index in [4.69, 9.17) is 0 Å². The normalized spacial score (nSPS) is 12.6. The molecule has 0 aromatic heterocycles. The zero-order valence-corrected chi connectivity index (χ0v) is 16.4. The maximum atomic E-state index is 2.25. The first kappa shape index (κ1) is 18.0. The molecule has 0 amide bonds. The van der Waals surface area contributed by atoms with Gasteiger partial charge in [0, 0.05) is 0 Å². The lowest BCUT2D eigenvalue weighted by molar-refractivity contribution is 1.65. The number of hydrogen-bond donors (Lipinski definition) is 0. The van der Waals surface area contributed by atoms with Crippen molar-refractivity contribution in [3.63, 3.8) is 0 Å². The van der Waals surface area contributed by atoms with Gasteiger partial charge in [-0.3, -0.25) is 0 Å². The predicted octanol–water partition coefficient (Wildman–Crippen LogP) is 8.20. The molecule has 0 unspecified atom stereocenters. The fraction of sp³-hybridized carbons (Fsp3) is 0.0714. The molecule has 4 aromatic rings. The van der Waals surface area contributed by atoms with Gasteiger partial charge in [-0.1, -0.05) is 109 Å². The van der Waals surface area contributed by atoms with E-state index in [1.807, 2.05) is 0 Å². The van der Waals surface area contributed by atoms with E-state index in [1.165, 1.54) is 43.8 Å². The molecule has 0 fully saturated rings. The fourth-order valence-corrected chi connectivity index (χ4v) is 3.96. The van der Waals surface area contributed by atoms with Crippen molar-refractivity contribution >= 4 is 27.1 Å². The van der Waals surface area contributed by atoms with Crippen LogP contribution in [0.2, 0.25) is 0 Å². The highest BCUT2D eigenvalue weighted by Crippen LogP contribution is 2.41. The van der Waals surface area contributed by atoms with Crippen molar-refractivity contribution in [1.82, 2.24) is 0 Å². The molecule has 0 heterocycles. The first-order valence-corrected chi connectivity index (χ1v) is 9.80. The van der Waals surface area contributed by atoms with Gasteiger partial charge in [0.25, 0.3) is 0 Å². The molecule has 0 aliphatic heterocycles. The van der Waals surface area contributed by atoms with Crippen molar-refractivity contribution in [3.8, 4) is 11.1 Å². The highest BCUT2D eigenvalue weighted by atomic mass is 14.2. The predicted molar refractivity (Wildman–Crippen MR) is 124 cm³/mol. The lowest BCUT2D eigenvalue weighted by atomic mass is 9.85. The standard InChI is InChI=1S/C28H24/c1-3-5-14-21(13-4-2)27-23-17-9-11-19-25(23)28(22-15-7-6-8-16-22)26-20-12-10-18-24(26)27/h3-20H,1-2H3/b5-3-,13-4-,21-14+. The first-order chi connectivity index (χ1) is 13.8. The van der Waals surface area contributed by atoms with Crippen LogP contribution in [0.5, 0.6) is 0 Å². The first-order valence-electron chi connectivity index (χ1n) is 9.80. The van der Waals surface area contributed by atoms with Gasteiger partial charge < -0.3 is 0 Å². The molecule has 136 valence electrons. The van der Waals surface area contributed by atoms with Crippen LogP contribution in [0.4, 0.5) is 0 Å². The third kappa shape index (κ3) is 3.18. The van der Waals surface area contributed by atoms with Gasteiger partial charge in [0.2, 0.25) is 0 Å². The van der Waals surface area contributed by atoms with Gasteiger partial charge in [-0.05, 0) is 57.7 Å². The summed E-state index contributed by atoms with van der Waals surface area (Å²) in [6.45, 7) is 4.13. The summed E-state index contributed by atoms with van der Waals surface area (Å²) in [5.74, 6) is 0. The topological polar surface area (TPSA) is 0 Å². The smallest absolute Gasteiger partial charge is 0.00264 e. The van der Waals surface area contributed by atoms with E-state index < -0.39 is 0 Å². The summed E-state index contributed by atoms with van der Waals surface area (Å²) in [4.78, 5) is 0. The largest absolute Gasteiger partial charge is 0.0876 e. The molecule has 0 saturated carbocycles. The van der Waals surface area contributed by atoms with E-state index in [1.54, 1.807) is 0 Å². The van der Waals surface area contributed by atoms with E-state index in [0.717, 1.165) is 0 Å². The summed E-state index contributed by atoms with van der Waals surface area (Å²) >= 11 is 0. The van der Waals surface area contributed by atoms with Gasteiger partial charge in [-0.25, -0.2) is 0 Å². The third-order valence-electron chi connectivity index (χ3n) is 5.10. The van der Waals surface area contributed by atoms with Crippen LogP contribution in [0.1, 0.15) is 19.4 Å². The molecule has 0 nitrogen and oxygen atoms in total. The van der Waals surface area contributed by atoms with Gasteiger partial charge in [0.05, 0.1) is 0 Å². The average molecular weight is 361 g/mol. The Labute approximate surface area is 167 Å². The monoisotopic (exact) mass is 360 g/mol. The van der Waals surface area contributed by atoms with E-state index in [-0.39, 0.29) is 0 Å². The number of benzene rings is 4. The average Bonchev–Trinajstić information content (AvgIpc) is 2.75. The van der Waals surface area contributed by atoms with Gasteiger partial charge in [0.15, 0.2) is 0 Å². The van der Waals surface area contributed by atoms with Crippen molar-refractivity contribution < 1.29 is 0 Å². The molecule has 0 saturated heterocycles. The van der Waals surface area contributed by atoms with Gasteiger partial charge in [-0.2, -0.15) is 0 Å². The molecular formula is C28H24. The number of allylic oxidation sites excluding steroid dienone is 6. The Morgan fingerprint density at radius 3 is 1.68 bits per heavy atom. The van der Waals surface area contributed by atoms with Crippen LogP contribution in [-0.2, 0) is 0 Å². The van der Waals surface area contributed by atoms with E-state index in [0.29, 0.717) is 0 Å². The third-order valence-corrected chi connectivity index (χ3v) is 5.10. The Morgan fingerprint density at radius 2 is 1.14 bits per heavy atom. The second-order valence-electron chi connectivity index (χ2n) is 6.85. The lowest BCUT2D eigenvalue weighted by Gasteiger charge is -2.18. The molecule has 28 heavy (non-hydrogen) atoms. The van der Waals surface area contributed by atoms with E-state index >= 15 is 0 Å². The minimum absolute atomic E-state index is 1.23. The Hall–Kier alpha value is -3.38. The Kier molecular flexibility index (Phi) is 5.21. The maximum Gasteiger partial charge on any atom is -0.00264 e. The molecule has 0 aliphatic rings. The molecule has 0 atom stereocenters. The van der Waals surface area contributed by atoms with E-state index in [2.05, 4.69) is 123 Å². The molecule has 0 N–H and O–H groups in total. The molecule has 0 radical (unpaired) electrons. The number of hydrogen-bond acceptors (Lipinski definition) is 0. The van der Waals surface area contributed by atoms with Crippen molar-refractivity contribution in [2.24, 2.45) is 0 Å². The summed E-state index contributed by atoms with van der Waals surface area (Å²) in [5.41, 5.74) is 5.09. The van der Waals surface area contributed by atoms with Crippen LogP contribution >= 0.6 is 0 Å². The highest BCUT2D eigenvalue weighted by Gasteiger charge is 2.16. The second kappa shape index (κ2) is 8.10. The van der Waals surface area contributed by atoms with Crippen LogP contribution in [0.25, 0.3) is 38.2 Å². The van der Waals surface area contributed by atoms with Crippen LogP contribution in [0.15, 0.2) is 109 Å². The quantitative estimate of drug-likeness (QED) is 0.254. The molecule has 4 aromatic carbocycles. The highest BCUT2D eigenvalue weighted by molar-refractivity contribution is 6.19. The van der Waals surface area contributed by atoms with Crippen LogP contribution in [0.3, 0.4) is 0 Å². The zero-order chi connectivity index (χ0) is 19.3. The number of rotatable bonds is 4. The summed E-state index contributed by atoms with van der Waals surface area (Å²) < 4.78 is 0. The molecule has 4 rings (SSSR count). The Balaban J connectivity index is 2.21. The Morgan fingerprint density at radius 1 is 0.607 bits per heavy atom. The molecule has 0 spiro atoms. The summed E-state index contributed by atoms with van der Waals surface area (Å²) in [6, 6.07) is 28.3. The molecule has 0 aliphatic carbocycles. The minimum atomic E-state index is 1.23. The van der Waals surface area contributed by atoms with Gasteiger partial charge >= 0.3 is 0 Å². The SMILES string of the molecule is C\C=C/C=C(\C=C/C)c1c2ccccc2c(-c2ccccc2)c2ccccc12. The van der Waals surface area contributed by atoms with Crippen LogP contribution < -0.4 is 0 Å². The maximum absolute atomic E-state index is 2.25. The van der Waals surface area contributed by atoms with Crippen molar-refractivity contribution in [1.29, 1.82) is 0 Å². The molecular weight excluding hydrogens is 336 g/mol.